The fourth-order valence-electron chi connectivity index (χ4n) is 2.87. The SMILES string of the molecule is CCC(CC)C(=O)N1CCC2(CC1)OCCCO2. The highest BCUT2D eigenvalue weighted by Crippen LogP contribution is 2.31. The quantitative estimate of drug-likeness (QED) is 0.776. The van der Waals surface area contributed by atoms with Gasteiger partial charge in [-0.2, -0.15) is 0 Å². The largest absolute Gasteiger partial charge is 0.350 e. The van der Waals surface area contributed by atoms with Gasteiger partial charge in [-0.25, -0.2) is 0 Å². The molecule has 1 spiro atoms. The number of piperidine rings is 1. The van der Waals surface area contributed by atoms with Crippen LogP contribution in [-0.4, -0.2) is 42.9 Å². The zero-order valence-electron chi connectivity index (χ0n) is 11.6. The van der Waals surface area contributed by atoms with Crippen LogP contribution in [0.1, 0.15) is 46.0 Å². The Balaban J connectivity index is 1.87. The lowest BCUT2D eigenvalue weighted by Gasteiger charge is -2.44. The molecule has 0 atom stereocenters. The average molecular weight is 255 g/mol. The third kappa shape index (κ3) is 2.86. The molecule has 2 fully saturated rings. The van der Waals surface area contributed by atoms with Crippen LogP contribution in [0.25, 0.3) is 0 Å². The van der Waals surface area contributed by atoms with Crippen molar-refractivity contribution >= 4 is 5.91 Å². The Labute approximate surface area is 110 Å². The van der Waals surface area contributed by atoms with Gasteiger partial charge in [0.15, 0.2) is 5.79 Å². The van der Waals surface area contributed by atoms with E-state index >= 15 is 0 Å². The summed E-state index contributed by atoms with van der Waals surface area (Å²) < 4.78 is 11.6. The monoisotopic (exact) mass is 255 g/mol. The normalized spacial score (nSPS) is 23.6. The smallest absolute Gasteiger partial charge is 0.225 e. The Morgan fingerprint density at radius 3 is 2.22 bits per heavy atom. The van der Waals surface area contributed by atoms with Gasteiger partial charge >= 0.3 is 0 Å². The van der Waals surface area contributed by atoms with Crippen LogP contribution in [-0.2, 0) is 14.3 Å². The highest BCUT2D eigenvalue weighted by molar-refractivity contribution is 5.78. The molecule has 0 N–H and O–H groups in total. The van der Waals surface area contributed by atoms with Crippen LogP contribution in [0.15, 0.2) is 0 Å². The highest BCUT2D eigenvalue weighted by atomic mass is 16.7. The number of hydrogen-bond donors (Lipinski definition) is 0. The zero-order valence-corrected chi connectivity index (χ0v) is 11.6. The zero-order chi connectivity index (χ0) is 13.0. The van der Waals surface area contributed by atoms with E-state index in [-0.39, 0.29) is 11.7 Å². The van der Waals surface area contributed by atoms with Crippen molar-refractivity contribution in [2.24, 2.45) is 5.92 Å². The van der Waals surface area contributed by atoms with Gasteiger partial charge in [-0.3, -0.25) is 4.79 Å². The van der Waals surface area contributed by atoms with Gasteiger partial charge < -0.3 is 14.4 Å². The maximum absolute atomic E-state index is 12.3. The summed E-state index contributed by atoms with van der Waals surface area (Å²) in [5, 5.41) is 0. The van der Waals surface area contributed by atoms with Crippen LogP contribution in [0.5, 0.6) is 0 Å². The van der Waals surface area contributed by atoms with Crippen LogP contribution in [0.4, 0.5) is 0 Å². The number of amides is 1. The number of nitrogens with zero attached hydrogens (tertiary/aromatic N) is 1. The molecule has 0 bridgehead atoms. The second-order valence-corrected chi connectivity index (χ2v) is 5.30. The Hall–Kier alpha value is -0.610. The van der Waals surface area contributed by atoms with Crippen molar-refractivity contribution in [1.82, 2.24) is 4.90 Å². The fourth-order valence-corrected chi connectivity index (χ4v) is 2.87. The predicted octanol–water partition coefficient (Wildman–Crippen LogP) is 2.18. The van der Waals surface area contributed by atoms with E-state index in [0.717, 1.165) is 58.4 Å². The van der Waals surface area contributed by atoms with E-state index in [1.54, 1.807) is 0 Å². The van der Waals surface area contributed by atoms with E-state index in [1.807, 2.05) is 4.90 Å². The van der Waals surface area contributed by atoms with Crippen molar-refractivity contribution in [2.75, 3.05) is 26.3 Å². The second-order valence-electron chi connectivity index (χ2n) is 5.30. The molecule has 0 unspecified atom stereocenters. The molecule has 4 heteroatoms. The van der Waals surface area contributed by atoms with Crippen LogP contribution in [0.2, 0.25) is 0 Å². The van der Waals surface area contributed by atoms with E-state index in [9.17, 15) is 4.79 Å². The van der Waals surface area contributed by atoms with Gasteiger partial charge in [0.2, 0.25) is 5.91 Å². The summed E-state index contributed by atoms with van der Waals surface area (Å²) in [5.74, 6) is 0.112. The van der Waals surface area contributed by atoms with Crippen molar-refractivity contribution in [3.63, 3.8) is 0 Å². The number of hydrogen-bond acceptors (Lipinski definition) is 3. The van der Waals surface area contributed by atoms with Gasteiger partial charge in [0.05, 0.1) is 13.2 Å². The summed E-state index contributed by atoms with van der Waals surface area (Å²) in [6.45, 7) is 7.31. The third-order valence-corrected chi connectivity index (χ3v) is 4.19. The van der Waals surface area contributed by atoms with Crippen LogP contribution >= 0.6 is 0 Å². The molecule has 0 saturated carbocycles. The van der Waals surface area contributed by atoms with Crippen molar-refractivity contribution in [2.45, 2.75) is 51.7 Å². The number of ether oxygens (including phenoxy) is 2. The number of likely N-dealkylation sites (tertiary alicyclic amines) is 1. The van der Waals surface area contributed by atoms with Crippen molar-refractivity contribution < 1.29 is 14.3 Å². The minimum Gasteiger partial charge on any atom is -0.350 e. The van der Waals surface area contributed by atoms with Crippen molar-refractivity contribution in [3.05, 3.63) is 0 Å². The molecule has 0 radical (unpaired) electrons. The fraction of sp³-hybridized carbons (Fsp3) is 0.929. The lowest BCUT2D eigenvalue weighted by molar-refractivity contribution is -0.282. The number of carbonyl (C=O) groups is 1. The molecule has 0 aromatic carbocycles. The standard InChI is InChI=1S/C14H25NO3/c1-3-12(4-2)13(16)15-8-6-14(7-9-15)17-10-5-11-18-14/h12H,3-11H2,1-2H3. The first-order valence-corrected chi connectivity index (χ1v) is 7.27. The summed E-state index contributed by atoms with van der Waals surface area (Å²) in [7, 11) is 0. The second kappa shape index (κ2) is 6.02. The van der Waals surface area contributed by atoms with E-state index in [4.69, 9.17) is 9.47 Å². The molecule has 1 amide bonds. The molecule has 0 aliphatic carbocycles. The molecular weight excluding hydrogens is 230 g/mol. The molecule has 2 saturated heterocycles. The van der Waals surface area contributed by atoms with Crippen LogP contribution in [0.3, 0.4) is 0 Å². The van der Waals surface area contributed by atoms with Gasteiger partial charge in [0.1, 0.15) is 0 Å². The Bertz CT molecular complexity index is 273. The summed E-state index contributed by atoms with van der Waals surface area (Å²) in [5.41, 5.74) is 0. The Kier molecular flexibility index (Phi) is 4.62. The average Bonchev–Trinajstić information content (AvgIpc) is 2.42. The maximum atomic E-state index is 12.3. The first kappa shape index (κ1) is 13.8. The van der Waals surface area contributed by atoms with Gasteiger partial charge in [0.25, 0.3) is 0 Å². The molecule has 2 aliphatic heterocycles. The third-order valence-electron chi connectivity index (χ3n) is 4.19. The molecular formula is C14H25NO3. The lowest BCUT2D eigenvalue weighted by atomic mass is 9.97. The molecule has 18 heavy (non-hydrogen) atoms. The summed E-state index contributed by atoms with van der Waals surface area (Å²) in [4.78, 5) is 14.3. The summed E-state index contributed by atoms with van der Waals surface area (Å²) in [6.07, 6.45) is 4.49. The lowest BCUT2D eigenvalue weighted by Crippen LogP contribution is -2.52. The first-order valence-electron chi connectivity index (χ1n) is 7.27. The van der Waals surface area contributed by atoms with Crippen LogP contribution < -0.4 is 0 Å². The summed E-state index contributed by atoms with van der Waals surface area (Å²) >= 11 is 0. The minimum atomic E-state index is -0.386. The van der Waals surface area contributed by atoms with Gasteiger partial charge in [-0.1, -0.05) is 13.8 Å². The molecule has 2 rings (SSSR count). The van der Waals surface area contributed by atoms with Gasteiger partial charge in [-0.15, -0.1) is 0 Å². The number of carbonyl (C=O) groups excluding carboxylic acids is 1. The van der Waals surface area contributed by atoms with Crippen molar-refractivity contribution in [1.29, 1.82) is 0 Å². The molecule has 4 nitrogen and oxygen atoms in total. The highest BCUT2D eigenvalue weighted by Gasteiger charge is 2.39. The van der Waals surface area contributed by atoms with E-state index in [0.29, 0.717) is 5.91 Å². The Morgan fingerprint density at radius 2 is 1.72 bits per heavy atom. The van der Waals surface area contributed by atoms with E-state index in [1.165, 1.54) is 0 Å². The predicted molar refractivity (Wildman–Crippen MR) is 69.1 cm³/mol. The maximum Gasteiger partial charge on any atom is 0.225 e. The molecule has 2 aliphatic rings. The molecule has 104 valence electrons. The van der Waals surface area contributed by atoms with E-state index in [2.05, 4.69) is 13.8 Å². The molecule has 0 aromatic heterocycles. The van der Waals surface area contributed by atoms with Gasteiger partial charge in [-0.05, 0) is 19.3 Å². The van der Waals surface area contributed by atoms with E-state index < -0.39 is 0 Å². The molecule has 2 heterocycles. The Morgan fingerprint density at radius 1 is 1.17 bits per heavy atom. The van der Waals surface area contributed by atoms with Crippen LogP contribution in [0, 0.1) is 5.92 Å². The minimum absolute atomic E-state index is 0.187. The van der Waals surface area contributed by atoms with Gasteiger partial charge in [0, 0.05) is 31.8 Å². The first-order chi connectivity index (χ1) is 8.71. The number of rotatable bonds is 3. The summed E-state index contributed by atoms with van der Waals surface area (Å²) in [6, 6.07) is 0. The van der Waals surface area contributed by atoms with Crippen molar-refractivity contribution in [3.8, 4) is 0 Å². The molecule has 0 aromatic rings. The topological polar surface area (TPSA) is 38.8 Å².